The molecule has 1 aromatic carbocycles. The Balaban J connectivity index is 1.85. The Morgan fingerprint density at radius 3 is 2.58 bits per heavy atom. The molecule has 7 heteroatoms. The zero-order chi connectivity index (χ0) is 17.3. The van der Waals surface area contributed by atoms with Crippen molar-refractivity contribution < 1.29 is 19.5 Å². The highest BCUT2D eigenvalue weighted by Crippen LogP contribution is 2.36. The molecule has 3 rings (SSSR count). The number of carboxylic acid groups (broad SMARTS) is 1. The monoisotopic (exact) mass is 350 g/mol. The summed E-state index contributed by atoms with van der Waals surface area (Å²) in [5, 5.41) is 12.3. The molecule has 1 aliphatic carbocycles. The van der Waals surface area contributed by atoms with E-state index in [2.05, 4.69) is 5.32 Å². The summed E-state index contributed by atoms with van der Waals surface area (Å²) in [7, 11) is 0. The van der Waals surface area contributed by atoms with E-state index in [1.54, 1.807) is 29.2 Å². The molecule has 2 fully saturated rings. The molecule has 1 saturated heterocycles. The van der Waals surface area contributed by atoms with Crippen molar-refractivity contribution in [2.75, 3.05) is 13.1 Å². The predicted molar refractivity (Wildman–Crippen MR) is 87.4 cm³/mol. The van der Waals surface area contributed by atoms with E-state index < -0.39 is 17.9 Å². The molecule has 3 atom stereocenters. The Hall–Kier alpha value is -2.08. The average molecular weight is 351 g/mol. The minimum absolute atomic E-state index is 0.154. The summed E-state index contributed by atoms with van der Waals surface area (Å²) in [6.45, 7) is 0.787. The number of carbonyl (C=O) groups excluding carboxylic acids is 2. The number of rotatable bonds is 3. The van der Waals surface area contributed by atoms with Crippen molar-refractivity contribution in [3.63, 3.8) is 0 Å². The van der Waals surface area contributed by atoms with Crippen LogP contribution in [0.4, 0.5) is 0 Å². The topological polar surface area (TPSA) is 86.7 Å². The second-order valence-electron chi connectivity index (χ2n) is 6.29. The number of carbonyl (C=O) groups is 3. The molecule has 6 nitrogen and oxygen atoms in total. The van der Waals surface area contributed by atoms with Crippen molar-refractivity contribution in [3.05, 3.63) is 34.9 Å². The minimum atomic E-state index is -0.857. The SMILES string of the molecule is O=C1NCCN(C(=O)[C@H]2CC[C@@H](C(=O)O)C2)C1c1ccccc1Cl. The highest BCUT2D eigenvalue weighted by molar-refractivity contribution is 6.31. The van der Waals surface area contributed by atoms with Crippen LogP contribution in [0.1, 0.15) is 30.9 Å². The number of amides is 2. The highest BCUT2D eigenvalue weighted by atomic mass is 35.5. The number of nitrogens with zero attached hydrogens (tertiary/aromatic N) is 1. The molecule has 0 bridgehead atoms. The van der Waals surface area contributed by atoms with E-state index in [9.17, 15) is 14.4 Å². The Bertz CT molecular complexity index is 678. The molecule has 2 N–H and O–H groups in total. The number of hydrogen-bond acceptors (Lipinski definition) is 3. The molecule has 1 aromatic rings. The zero-order valence-corrected chi connectivity index (χ0v) is 13.8. The van der Waals surface area contributed by atoms with Crippen LogP contribution in [0.25, 0.3) is 0 Å². The Morgan fingerprint density at radius 1 is 1.21 bits per heavy atom. The standard InChI is InChI=1S/C17H19ClN2O4/c18-13-4-2-1-3-12(13)14-15(21)19-7-8-20(14)16(22)10-5-6-11(9-10)17(23)24/h1-4,10-11,14H,5-9H2,(H,19,21)(H,23,24)/t10-,11+,14?/m0/s1. The summed E-state index contributed by atoms with van der Waals surface area (Å²) in [6, 6.07) is 6.23. The van der Waals surface area contributed by atoms with E-state index in [0.29, 0.717) is 42.9 Å². The van der Waals surface area contributed by atoms with Gasteiger partial charge in [0, 0.05) is 29.6 Å². The van der Waals surface area contributed by atoms with Gasteiger partial charge in [-0.05, 0) is 25.3 Å². The average Bonchev–Trinajstić information content (AvgIpc) is 3.05. The molecule has 1 heterocycles. The van der Waals surface area contributed by atoms with Gasteiger partial charge in [0.25, 0.3) is 0 Å². The van der Waals surface area contributed by atoms with Gasteiger partial charge in [0.05, 0.1) is 5.92 Å². The number of hydrogen-bond donors (Lipinski definition) is 2. The quantitative estimate of drug-likeness (QED) is 0.870. The number of carboxylic acids is 1. The molecule has 0 spiro atoms. The summed E-state index contributed by atoms with van der Waals surface area (Å²) >= 11 is 6.22. The fraction of sp³-hybridized carbons (Fsp3) is 0.471. The van der Waals surface area contributed by atoms with Crippen molar-refractivity contribution >= 4 is 29.4 Å². The first kappa shape index (κ1) is 16.8. The Kier molecular flexibility index (Phi) is 4.76. The van der Waals surface area contributed by atoms with Crippen LogP contribution in [0, 0.1) is 11.8 Å². The van der Waals surface area contributed by atoms with Crippen LogP contribution >= 0.6 is 11.6 Å². The van der Waals surface area contributed by atoms with Crippen LogP contribution in [-0.4, -0.2) is 40.9 Å². The van der Waals surface area contributed by atoms with Crippen molar-refractivity contribution in [1.82, 2.24) is 10.2 Å². The lowest BCUT2D eigenvalue weighted by Gasteiger charge is -2.37. The Morgan fingerprint density at radius 2 is 1.92 bits per heavy atom. The second-order valence-corrected chi connectivity index (χ2v) is 6.70. The van der Waals surface area contributed by atoms with E-state index in [-0.39, 0.29) is 17.7 Å². The van der Waals surface area contributed by atoms with Crippen LogP contribution in [0.15, 0.2) is 24.3 Å². The third-order valence-corrected chi connectivity index (χ3v) is 5.17. The van der Waals surface area contributed by atoms with E-state index in [0.717, 1.165) is 0 Å². The number of aliphatic carboxylic acids is 1. The first-order valence-electron chi connectivity index (χ1n) is 8.04. The molecule has 1 unspecified atom stereocenters. The van der Waals surface area contributed by atoms with Crippen LogP contribution in [-0.2, 0) is 14.4 Å². The van der Waals surface area contributed by atoms with Gasteiger partial charge in [-0.25, -0.2) is 0 Å². The minimum Gasteiger partial charge on any atom is -0.481 e. The molecule has 0 aromatic heterocycles. The van der Waals surface area contributed by atoms with Gasteiger partial charge in [-0.2, -0.15) is 0 Å². The van der Waals surface area contributed by atoms with E-state index in [1.165, 1.54) is 0 Å². The number of piperazine rings is 1. The molecular formula is C17H19ClN2O4. The van der Waals surface area contributed by atoms with Gasteiger partial charge in [-0.1, -0.05) is 29.8 Å². The third kappa shape index (κ3) is 3.11. The maximum absolute atomic E-state index is 12.9. The predicted octanol–water partition coefficient (Wildman–Crippen LogP) is 1.84. The maximum atomic E-state index is 12.9. The van der Waals surface area contributed by atoms with E-state index >= 15 is 0 Å². The van der Waals surface area contributed by atoms with Gasteiger partial charge in [-0.15, -0.1) is 0 Å². The van der Waals surface area contributed by atoms with Crippen molar-refractivity contribution in [2.45, 2.75) is 25.3 Å². The zero-order valence-electron chi connectivity index (χ0n) is 13.1. The molecule has 2 amide bonds. The number of benzene rings is 1. The first-order valence-corrected chi connectivity index (χ1v) is 8.42. The molecule has 128 valence electrons. The van der Waals surface area contributed by atoms with Crippen molar-refractivity contribution in [1.29, 1.82) is 0 Å². The summed E-state index contributed by atoms with van der Waals surface area (Å²) in [4.78, 5) is 38.0. The molecule has 24 heavy (non-hydrogen) atoms. The first-order chi connectivity index (χ1) is 11.5. The smallest absolute Gasteiger partial charge is 0.306 e. The van der Waals surface area contributed by atoms with Gasteiger partial charge in [0.2, 0.25) is 11.8 Å². The lowest BCUT2D eigenvalue weighted by atomic mass is 9.98. The van der Waals surface area contributed by atoms with E-state index in [1.807, 2.05) is 0 Å². The van der Waals surface area contributed by atoms with Crippen LogP contribution in [0.3, 0.4) is 0 Å². The van der Waals surface area contributed by atoms with Gasteiger partial charge < -0.3 is 15.3 Å². The van der Waals surface area contributed by atoms with Gasteiger partial charge in [0.15, 0.2) is 0 Å². The van der Waals surface area contributed by atoms with Crippen molar-refractivity contribution in [3.8, 4) is 0 Å². The molecular weight excluding hydrogens is 332 g/mol. The summed E-state index contributed by atoms with van der Waals surface area (Å²) in [6.07, 6.45) is 1.38. The fourth-order valence-corrected chi connectivity index (χ4v) is 3.81. The summed E-state index contributed by atoms with van der Waals surface area (Å²) < 4.78 is 0. The molecule has 1 aliphatic heterocycles. The summed E-state index contributed by atoms with van der Waals surface area (Å²) in [5.74, 6) is -2.09. The third-order valence-electron chi connectivity index (χ3n) is 4.83. The van der Waals surface area contributed by atoms with Gasteiger partial charge >= 0.3 is 5.97 Å². The lowest BCUT2D eigenvalue weighted by Crippen LogP contribution is -2.53. The molecule has 1 saturated carbocycles. The van der Waals surface area contributed by atoms with Gasteiger partial charge in [-0.3, -0.25) is 14.4 Å². The lowest BCUT2D eigenvalue weighted by molar-refractivity contribution is -0.147. The van der Waals surface area contributed by atoms with Crippen LogP contribution in [0.2, 0.25) is 5.02 Å². The molecule has 0 radical (unpaired) electrons. The normalized spacial score (nSPS) is 27.0. The van der Waals surface area contributed by atoms with Gasteiger partial charge in [0.1, 0.15) is 6.04 Å². The van der Waals surface area contributed by atoms with E-state index in [4.69, 9.17) is 16.7 Å². The fourth-order valence-electron chi connectivity index (χ4n) is 3.57. The summed E-state index contributed by atoms with van der Waals surface area (Å²) in [5.41, 5.74) is 0.595. The molecule has 2 aliphatic rings. The largest absolute Gasteiger partial charge is 0.481 e. The Labute approximate surface area is 144 Å². The van der Waals surface area contributed by atoms with Crippen LogP contribution in [0.5, 0.6) is 0 Å². The second kappa shape index (κ2) is 6.81. The number of nitrogens with one attached hydrogen (secondary N) is 1. The number of halogens is 1. The maximum Gasteiger partial charge on any atom is 0.306 e. The van der Waals surface area contributed by atoms with Crippen molar-refractivity contribution in [2.24, 2.45) is 11.8 Å². The highest BCUT2D eigenvalue weighted by Gasteiger charge is 2.41. The van der Waals surface area contributed by atoms with Crippen LogP contribution < -0.4 is 5.32 Å².